The van der Waals surface area contributed by atoms with Crippen molar-refractivity contribution in [2.24, 2.45) is 0 Å². The van der Waals surface area contributed by atoms with Crippen LogP contribution in [0.3, 0.4) is 0 Å². The molecule has 1 aromatic rings. The molecule has 0 bridgehead atoms. The summed E-state index contributed by atoms with van der Waals surface area (Å²) in [5.74, 6) is 0.268. The molecule has 0 radical (unpaired) electrons. The number of quaternary nitrogens is 1. The summed E-state index contributed by atoms with van der Waals surface area (Å²) >= 11 is 0. The third-order valence-corrected chi connectivity index (χ3v) is 2.88. The van der Waals surface area contributed by atoms with Crippen molar-refractivity contribution in [1.82, 2.24) is 0 Å². The molecule has 0 saturated carbocycles. The number of carbonyl (C=O) groups is 1. The number of rotatable bonds is 3. The van der Waals surface area contributed by atoms with Gasteiger partial charge in [-0.3, -0.25) is 4.79 Å². The van der Waals surface area contributed by atoms with Crippen LogP contribution in [0.5, 0.6) is 5.75 Å². The van der Waals surface area contributed by atoms with Crippen molar-refractivity contribution in [2.45, 2.75) is 6.54 Å². The van der Waals surface area contributed by atoms with Crippen LogP contribution in [-0.4, -0.2) is 37.7 Å². The van der Waals surface area contributed by atoms with Crippen LogP contribution in [0.1, 0.15) is 15.9 Å². The molecule has 16 heavy (non-hydrogen) atoms. The highest BCUT2D eigenvalue weighted by atomic mass is 16.5. The topological polar surface area (TPSA) is 51.0 Å². The first-order valence-corrected chi connectivity index (χ1v) is 5.48. The average molecular weight is 222 g/mol. The van der Waals surface area contributed by atoms with Gasteiger partial charge in [0.05, 0.1) is 13.2 Å². The zero-order valence-corrected chi connectivity index (χ0v) is 9.11. The molecule has 4 heteroatoms. The van der Waals surface area contributed by atoms with Gasteiger partial charge < -0.3 is 14.7 Å². The molecule has 1 aliphatic heterocycles. The second-order valence-corrected chi connectivity index (χ2v) is 4.05. The summed E-state index contributed by atoms with van der Waals surface area (Å²) in [5.41, 5.74) is 1.45. The molecule has 1 fully saturated rings. The van der Waals surface area contributed by atoms with Crippen LogP contribution in [0.25, 0.3) is 0 Å². The first kappa shape index (κ1) is 11.1. The highest BCUT2D eigenvalue weighted by Crippen LogP contribution is 2.16. The minimum atomic E-state index is 0.268. The largest absolute Gasteiger partial charge is 0.507 e. The maximum absolute atomic E-state index is 10.7. The highest BCUT2D eigenvalue weighted by molar-refractivity contribution is 5.75. The summed E-state index contributed by atoms with van der Waals surface area (Å²) in [6.07, 6.45) is 0.803. The standard InChI is InChI=1S/C12H15NO3/c14-9-10-1-2-12(15)11(7-10)8-13-3-5-16-6-4-13/h1-2,7,9,15H,3-6,8H2/p+1. The quantitative estimate of drug-likeness (QED) is 0.685. The maximum atomic E-state index is 10.7. The smallest absolute Gasteiger partial charge is 0.150 e. The number of nitrogens with one attached hydrogen (secondary N) is 1. The molecule has 2 N–H and O–H groups in total. The lowest BCUT2D eigenvalue weighted by Gasteiger charge is -2.24. The zero-order valence-electron chi connectivity index (χ0n) is 9.11. The van der Waals surface area contributed by atoms with Crippen molar-refractivity contribution < 1.29 is 19.5 Å². The Morgan fingerprint density at radius 2 is 2.12 bits per heavy atom. The van der Waals surface area contributed by atoms with Gasteiger partial charge in [-0.05, 0) is 18.2 Å². The number of ether oxygens (including phenoxy) is 1. The first-order chi connectivity index (χ1) is 7.79. The minimum absolute atomic E-state index is 0.268. The monoisotopic (exact) mass is 222 g/mol. The fourth-order valence-corrected chi connectivity index (χ4v) is 1.93. The predicted octanol–water partition coefficient (Wildman–Crippen LogP) is -0.380. The lowest BCUT2D eigenvalue weighted by molar-refractivity contribution is -0.921. The van der Waals surface area contributed by atoms with E-state index in [1.807, 2.05) is 0 Å². The van der Waals surface area contributed by atoms with Crippen LogP contribution in [-0.2, 0) is 11.3 Å². The lowest BCUT2D eigenvalue weighted by Crippen LogP contribution is -3.12. The van der Waals surface area contributed by atoms with Gasteiger partial charge in [-0.2, -0.15) is 0 Å². The summed E-state index contributed by atoms with van der Waals surface area (Å²) in [6.45, 7) is 4.18. The van der Waals surface area contributed by atoms with Gasteiger partial charge in [-0.25, -0.2) is 0 Å². The molecule has 0 aromatic heterocycles. The van der Waals surface area contributed by atoms with E-state index >= 15 is 0 Å². The molecule has 4 nitrogen and oxygen atoms in total. The van der Waals surface area contributed by atoms with Crippen LogP contribution < -0.4 is 4.90 Å². The SMILES string of the molecule is O=Cc1ccc(O)c(C[NH+]2CCOCC2)c1. The molecule has 1 heterocycles. The molecule has 0 unspecified atom stereocenters. The van der Waals surface area contributed by atoms with E-state index in [1.165, 1.54) is 4.90 Å². The normalized spacial score (nSPS) is 17.2. The van der Waals surface area contributed by atoms with Gasteiger partial charge in [0.2, 0.25) is 0 Å². The molecule has 2 rings (SSSR count). The van der Waals surface area contributed by atoms with Crippen LogP contribution in [0.4, 0.5) is 0 Å². The predicted molar refractivity (Wildman–Crippen MR) is 58.7 cm³/mol. The second-order valence-electron chi connectivity index (χ2n) is 4.05. The first-order valence-electron chi connectivity index (χ1n) is 5.48. The molecule has 0 aliphatic carbocycles. The number of morpholine rings is 1. The van der Waals surface area contributed by atoms with E-state index in [0.717, 1.165) is 44.7 Å². The third kappa shape index (κ3) is 2.59. The fraction of sp³-hybridized carbons (Fsp3) is 0.417. The number of hydrogen-bond donors (Lipinski definition) is 2. The van der Waals surface area contributed by atoms with Crippen molar-refractivity contribution in [2.75, 3.05) is 26.3 Å². The zero-order chi connectivity index (χ0) is 11.4. The van der Waals surface area contributed by atoms with Gasteiger partial charge in [0.25, 0.3) is 0 Å². The van der Waals surface area contributed by atoms with Crippen molar-refractivity contribution in [3.05, 3.63) is 29.3 Å². The van der Waals surface area contributed by atoms with Gasteiger partial charge >= 0.3 is 0 Å². The van der Waals surface area contributed by atoms with Crippen molar-refractivity contribution in [3.8, 4) is 5.75 Å². The Labute approximate surface area is 94.4 Å². The van der Waals surface area contributed by atoms with E-state index in [9.17, 15) is 9.90 Å². The minimum Gasteiger partial charge on any atom is -0.507 e. The van der Waals surface area contributed by atoms with Crippen molar-refractivity contribution in [3.63, 3.8) is 0 Å². The van der Waals surface area contributed by atoms with E-state index in [4.69, 9.17) is 4.74 Å². The summed E-state index contributed by atoms with van der Waals surface area (Å²) in [7, 11) is 0. The molecule has 0 atom stereocenters. The summed E-state index contributed by atoms with van der Waals surface area (Å²) in [5, 5.41) is 9.70. The molecule has 0 amide bonds. The van der Waals surface area contributed by atoms with Crippen LogP contribution in [0, 0.1) is 0 Å². The summed E-state index contributed by atoms with van der Waals surface area (Å²) in [6, 6.07) is 4.96. The van der Waals surface area contributed by atoms with E-state index in [1.54, 1.807) is 18.2 Å². The van der Waals surface area contributed by atoms with Crippen LogP contribution >= 0.6 is 0 Å². The molecular formula is C12H16NO3+. The number of hydrogen-bond acceptors (Lipinski definition) is 3. The number of aromatic hydroxyl groups is 1. The molecule has 86 valence electrons. The second kappa shape index (κ2) is 5.09. The van der Waals surface area contributed by atoms with E-state index in [2.05, 4.69) is 0 Å². The highest BCUT2D eigenvalue weighted by Gasteiger charge is 2.16. The average Bonchev–Trinajstić information content (AvgIpc) is 2.33. The van der Waals surface area contributed by atoms with Crippen LogP contribution in [0.15, 0.2) is 18.2 Å². The number of aldehydes is 1. The number of phenols is 1. The van der Waals surface area contributed by atoms with Gasteiger partial charge in [-0.1, -0.05) is 0 Å². The molecule has 1 saturated heterocycles. The number of carbonyl (C=O) groups excluding carboxylic acids is 1. The Balaban J connectivity index is 2.09. The van der Waals surface area contributed by atoms with E-state index in [0.29, 0.717) is 5.56 Å². The Morgan fingerprint density at radius 1 is 1.38 bits per heavy atom. The van der Waals surface area contributed by atoms with Gasteiger partial charge in [0.15, 0.2) is 0 Å². The molecule has 0 spiro atoms. The van der Waals surface area contributed by atoms with Gasteiger partial charge in [0.1, 0.15) is 31.7 Å². The lowest BCUT2D eigenvalue weighted by atomic mass is 10.1. The fourth-order valence-electron chi connectivity index (χ4n) is 1.93. The Kier molecular flexibility index (Phi) is 3.54. The van der Waals surface area contributed by atoms with Gasteiger partial charge in [-0.15, -0.1) is 0 Å². The molecule has 1 aliphatic rings. The maximum Gasteiger partial charge on any atom is 0.150 e. The van der Waals surface area contributed by atoms with Gasteiger partial charge in [0, 0.05) is 11.1 Å². The van der Waals surface area contributed by atoms with Crippen LogP contribution in [0.2, 0.25) is 0 Å². The van der Waals surface area contributed by atoms with E-state index in [-0.39, 0.29) is 5.75 Å². The summed E-state index contributed by atoms with van der Waals surface area (Å²) < 4.78 is 5.27. The number of benzene rings is 1. The third-order valence-electron chi connectivity index (χ3n) is 2.88. The van der Waals surface area contributed by atoms with Crippen molar-refractivity contribution in [1.29, 1.82) is 0 Å². The summed E-state index contributed by atoms with van der Waals surface area (Å²) in [4.78, 5) is 12.0. The Hall–Kier alpha value is -1.39. The van der Waals surface area contributed by atoms with Crippen molar-refractivity contribution >= 4 is 6.29 Å². The Bertz CT molecular complexity index is 373. The number of phenolic OH excluding ortho intramolecular Hbond substituents is 1. The molecular weight excluding hydrogens is 206 g/mol. The van der Waals surface area contributed by atoms with E-state index < -0.39 is 0 Å². The molecule has 1 aromatic carbocycles. The Morgan fingerprint density at radius 3 is 2.81 bits per heavy atom.